The Labute approximate surface area is 603 Å². The molecule has 0 aliphatic rings. The molecule has 0 spiro atoms. The lowest BCUT2D eigenvalue weighted by Gasteiger charge is -2.14. The van der Waals surface area contributed by atoms with E-state index in [-0.39, 0.29) is 38.9 Å². The number of rotatable bonds is 28. The number of nitro groups is 2. The lowest BCUT2D eigenvalue weighted by Crippen LogP contribution is -2.12. The number of methoxy groups -OCH3 is 4. The summed E-state index contributed by atoms with van der Waals surface area (Å²) in [7, 11) is 6.43. The summed E-state index contributed by atoms with van der Waals surface area (Å²) in [5.41, 5.74) is 19.3. The highest BCUT2D eigenvalue weighted by Gasteiger charge is 2.22. The number of pyridine rings is 5. The van der Waals surface area contributed by atoms with Gasteiger partial charge >= 0.3 is 0 Å². The molecule has 30 heteroatoms. The lowest BCUT2D eigenvalue weighted by atomic mass is 9.92. The van der Waals surface area contributed by atoms with Crippen molar-refractivity contribution in [2.24, 2.45) is 5.73 Å². The second-order valence-corrected chi connectivity index (χ2v) is 24.9. The maximum Gasteiger partial charge on any atom is 0.287 e. The number of aromatic nitrogens is 9. The summed E-state index contributed by atoms with van der Waals surface area (Å²) in [6.45, 7) is 18.7. The molecule has 0 aliphatic heterocycles. The Balaban J connectivity index is 0.000000271. The highest BCUT2D eigenvalue weighted by Crippen LogP contribution is 2.27. The molecule has 0 fully saturated rings. The van der Waals surface area contributed by atoms with Gasteiger partial charge in [-0.2, -0.15) is 10.2 Å². The van der Waals surface area contributed by atoms with Crippen LogP contribution in [-0.4, -0.2) is 147 Å². The van der Waals surface area contributed by atoms with Crippen LogP contribution in [0, 0.1) is 20.2 Å². The van der Waals surface area contributed by atoms with Crippen LogP contribution in [0.4, 0.5) is 17.1 Å². The molecule has 0 saturated heterocycles. The molecule has 0 amide bonds. The summed E-state index contributed by atoms with van der Waals surface area (Å²) in [6.07, 6.45) is 8.94. The quantitative estimate of drug-likeness (QED) is 0.0199. The van der Waals surface area contributed by atoms with E-state index in [1.165, 1.54) is 24.3 Å². The van der Waals surface area contributed by atoms with Gasteiger partial charge in [0.05, 0.1) is 76.6 Å². The van der Waals surface area contributed by atoms with E-state index in [0.717, 1.165) is 57.7 Å². The van der Waals surface area contributed by atoms with Crippen molar-refractivity contribution in [3.63, 3.8) is 0 Å². The maximum atomic E-state index is 12.7. The van der Waals surface area contributed by atoms with Gasteiger partial charge in [-0.15, -0.1) is 0 Å². The third kappa shape index (κ3) is 32.5. The molecule has 0 saturated carbocycles. The Bertz CT molecular complexity index is 3910. The number of nitrogens with two attached hydrogens (primary N) is 2. The van der Waals surface area contributed by atoms with E-state index < -0.39 is 9.85 Å². The third-order valence-corrected chi connectivity index (χ3v) is 14.0. The molecule has 0 aliphatic carbocycles. The fourth-order valence-corrected chi connectivity index (χ4v) is 8.55. The predicted molar refractivity (Wildman–Crippen MR) is 387 cm³/mol. The molecule has 2 aromatic carbocycles. The fourth-order valence-electron chi connectivity index (χ4n) is 8.07. The summed E-state index contributed by atoms with van der Waals surface area (Å²) in [6, 6.07) is 35.6. The van der Waals surface area contributed by atoms with Crippen molar-refractivity contribution in [3.8, 4) is 34.9 Å². The Morgan fingerprint density at radius 1 is 0.495 bits per heavy atom. The number of nitrogen functional groups attached to an aromatic ring is 1. The van der Waals surface area contributed by atoms with Gasteiger partial charge in [0, 0.05) is 130 Å². The van der Waals surface area contributed by atoms with E-state index in [2.05, 4.69) is 83.7 Å². The number of Topliss-reactive ketones (excluding diaryl/α,β-unsaturated/α-hetero) is 2. The average molecular weight is 1450 g/mol. The number of carbonyl (C=O) groups is 2. The van der Waals surface area contributed by atoms with E-state index in [9.17, 15) is 29.8 Å². The molecule has 4 N–H and O–H groups in total. The molecule has 7 aromatic heterocycles. The predicted octanol–water partition coefficient (Wildman–Crippen LogP) is 12.9. The van der Waals surface area contributed by atoms with Crippen LogP contribution in [0.25, 0.3) is 11.4 Å². The molecule has 9 aromatic rings. The molecule has 27 nitrogen and oxygen atoms in total. The van der Waals surface area contributed by atoms with Crippen LogP contribution in [0.5, 0.6) is 23.5 Å². The van der Waals surface area contributed by atoms with Gasteiger partial charge in [-0.1, -0.05) is 101 Å². The largest absolute Gasteiger partial charge is 0.475 e. The first kappa shape index (κ1) is 83.8. The standard InChI is InChI=1S/C25H30ClN3O3.C14H18ClN3.C11H15NO3.C8H10N2O4.C8H12N2O2.C5H3ClN2O2/c1-25(2,3)23-16-21(29(28-23)20-7-5-6-19(26)15-20)9-10-22(30)14-18-8-11-24(27-17-18)32-13-12-31-4;1-14(2,3)13-8-12(9-16)18(17-13)11-6-4-5-10(15)7-11;1-9(13)7-10-3-4-11(12-8-10)15-6-5-14-2;1-13-4-5-14-8-3-2-7(6-9-8)10(11)12;1-11-4-5-12-8-3-2-7(9)6-10-8;6-5-2-1-4(3-7-5)8(9)10/h5-8,11,15-17H,9-10,12-14H2,1-4H3;4-8H,9,16H2,1-3H3;3-4,8H,5-7H2,1-2H3;2-3,6H,4-5H2,1H3;2-3,6H,4-5,9H2,1H3;1-3H. The highest BCUT2D eigenvalue weighted by molar-refractivity contribution is 6.31. The van der Waals surface area contributed by atoms with Crippen molar-refractivity contribution in [1.82, 2.24) is 44.5 Å². The number of hydrogen-bond donors (Lipinski definition) is 2. The van der Waals surface area contributed by atoms with Gasteiger partial charge in [0.1, 0.15) is 55.5 Å². The van der Waals surface area contributed by atoms with Crippen molar-refractivity contribution in [3.05, 3.63) is 222 Å². The van der Waals surface area contributed by atoms with E-state index in [1.807, 2.05) is 70.0 Å². The van der Waals surface area contributed by atoms with Crippen molar-refractivity contribution < 1.29 is 57.3 Å². The Hall–Kier alpha value is -9.58. The van der Waals surface area contributed by atoms with Crippen LogP contribution >= 0.6 is 34.8 Å². The Morgan fingerprint density at radius 2 is 0.891 bits per heavy atom. The zero-order chi connectivity index (χ0) is 74.3. The Kier molecular flexibility index (Phi) is 37.0. The van der Waals surface area contributed by atoms with Crippen LogP contribution in [0.15, 0.2) is 152 Å². The maximum absolute atomic E-state index is 12.7. The lowest BCUT2D eigenvalue weighted by molar-refractivity contribution is -0.385. The smallest absolute Gasteiger partial charge is 0.287 e. The van der Waals surface area contributed by atoms with Gasteiger partial charge in [0.2, 0.25) is 23.5 Å². The van der Waals surface area contributed by atoms with Gasteiger partial charge in [0.15, 0.2) is 0 Å². The molecule has 542 valence electrons. The first-order valence-electron chi connectivity index (χ1n) is 31.5. The minimum atomic E-state index is -0.524. The molecular formula is C71H88Cl3N13O14. The highest BCUT2D eigenvalue weighted by atomic mass is 35.5. The number of ether oxygens (including phenoxy) is 8. The number of ketones is 2. The van der Waals surface area contributed by atoms with E-state index in [4.69, 9.17) is 89.3 Å². The normalized spacial score (nSPS) is 10.7. The molecule has 9 rings (SSSR count). The minimum Gasteiger partial charge on any atom is -0.475 e. The number of benzene rings is 2. The SMILES string of the molecule is CC(C)(C)c1cc(CN)n(-c2cccc(Cl)c2)n1.COCCOc1ccc(CC(=O)CCc2cc(C(C)(C)C)nn2-c2cccc(Cl)c2)cn1.COCCOc1ccc(CC(C)=O)cn1.COCCOc1ccc(N)cn1.COCCOc1ccc([N+](=O)[O-])cn1.O=[N+]([O-])c1ccc(Cl)nc1. The van der Waals surface area contributed by atoms with Crippen molar-refractivity contribution in [1.29, 1.82) is 0 Å². The zero-order valence-corrected chi connectivity index (χ0v) is 60.8. The zero-order valence-electron chi connectivity index (χ0n) is 58.5. The van der Waals surface area contributed by atoms with Crippen molar-refractivity contribution >= 4 is 63.4 Å². The average Bonchev–Trinajstić information content (AvgIpc) is 1.67. The van der Waals surface area contributed by atoms with Gasteiger partial charge < -0.3 is 49.4 Å². The molecule has 101 heavy (non-hydrogen) atoms. The molecule has 0 bridgehead atoms. The van der Waals surface area contributed by atoms with E-state index in [0.29, 0.717) is 124 Å². The summed E-state index contributed by atoms with van der Waals surface area (Å²) in [4.78, 5) is 62.3. The summed E-state index contributed by atoms with van der Waals surface area (Å²) in [5.74, 6) is 2.28. The number of nitrogens with zero attached hydrogens (tertiary/aromatic N) is 11. The number of aryl methyl sites for hydroxylation is 1. The van der Waals surface area contributed by atoms with Gasteiger partial charge in [-0.25, -0.2) is 34.3 Å². The molecular weight excluding hydrogens is 1370 g/mol. The van der Waals surface area contributed by atoms with Crippen LogP contribution in [0.1, 0.15) is 88.8 Å². The summed E-state index contributed by atoms with van der Waals surface area (Å²) >= 11 is 17.6. The molecule has 7 heterocycles. The third-order valence-electron chi connectivity index (χ3n) is 13.3. The second kappa shape index (κ2) is 44.5. The van der Waals surface area contributed by atoms with Gasteiger partial charge in [-0.3, -0.25) is 29.8 Å². The summed E-state index contributed by atoms with van der Waals surface area (Å²) < 4.78 is 44.2. The van der Waals surface area contributed by atoms with Crippen molar-refractivity contribution in [2.75, 3.05) is 87.0 Å². The van der Waals surface area contributed by atoms with Crippen LogP contribution in [-0.2, 0) is 65.2 Å². The molecule has 0 unspecified atom stereocenters. The van der Waals surface area contributed by atoms with Crippen LogP contribution < -0.4 is 30.4 Å². The van der Waals surface area contributed by atoms with Gasteiger partial charge in [0.25, 0.3) is 11.4 Å². The number of hydrogen-bond acceptors (Lipinski definition) is 23. The van der Waals surface area contributed by atoms with Crippen LogP contribution in [0.3, 0.4) is 0 Å². The Morgan fingerprint density at radius 3 is 1.24 bits per heavy atom. The molecule has 0 radical (unpaired) electrons. The number of carbonyl (C=O) groups excluding carboxylic acids is 2. The number of anilines is 1. The van der Waals surface area contributed by atoms with Crippen molar-refractivity contribution in [2.45, 2.75) is 91.5 Å². The second-order valence-electron chi connectivity index (χ2n) is 23.6. The monoisotopic (exact) mass is 1450 g/mol. The topological polar surface area (TPSA) is 346 Å². The first-order chi connectivity index (χ1) is 48.2. The first-order valence-corrected chi connectivity index (χ1v) is 32.7. The number of halogens is 3. The fraction of sp³-hybridized carbons (Fsp3) is 0.366. The molecule has 0 atom stereocenters. The van der Waals surface area contributed by atoms with Gasteiger partial charge in [-0.05, 0) is 85.1 Å². The van der Waals surface area contributed by atoms with E-state index >= 15 is 0 Å². The van der Waals surface area contributed by atoms with E-state index in [1.54, 1.807) is 78.2 Å². The minimum absolute atomic E-state index is 0.00768. The summed E-state index contributed by atoms with van der Waals surface area (Å²) in [5, 5.41) is 31.4. The van der Waals surface area contributed by atoms with Crippen LogP contribution in [0.2, 0.25) is 15.2 Å².